The standard InChI is InChI=1S/C32H28N6O2/c1-37-20-35-18-30(37)32(34)24-6-5-22(17-33)23(13-24)19-40-26-4-2-3-21(14-26)27-16-31(38-9-11-39-12-10-38)36-29-8-7-25(32)15-28(27)29/h2-8,13-16,18,20H,9-12,19,34H2,1H3. The van der Waals surface area contributed by atoms with Crippen molar-refractivity contribution in [2.45, 2.75) is 12.1 Å². The third-order valence-corrected chi connectivity index (χ3v) is 8.03. The molecule has 0 spiro atoms. The van der Waals surface area contributed by atoms with Crippen LogP contribution in [0.4, 0.5) is 5.82 Å². The van der Waals surface area contributed by atoms with E-state index >= 15 is 0 Å². The minimum Gasteiger partial charge on any atom is -0.489 e. The number of rotatable bonds is 2. The molecule has 6 bridgehead atoms. The van der Waals surface area contributed by atoms with Crippen LogP contribution in [0.3, 0.4) is 0 Å². The zero-order valence-electron chi connectivity index (χ0n) is 22.2. The van der Waals surface area contributed by atoms with Gasteiger partial charge in [-0.25, -0.2) is 9.97 Å². The predicted octanol–water partition coefficient (Wildman–Crippen LogP) is 4.49. The van der Waals surface area contributed by atoms with Crippen molar-refractivity contribution in [3.63, 3.8) is 0 Å². The van der Waals surface area contributed by atoms with E-state index in [-0.39, 0.29) is 6.61 Å². The Balaban J connectivity index is 1.54. The number of imidazole rings is 1. The number of ether oxygens (including phenoxy) is 2. The van der Waals surface area contributed by atoms with Crippen LogP contribution in [0.5, 0.6) is 5.75 Å². The van der Waals surface area contributed by atoms with Gasteiger partial charge in [0, 0.05) is 31.1 Å². The number of aromatic nitrogens is 3. The van der Waals surface area contributed by atoms with Crippen LogP contribution in [-0.2, 0) is 23.9 Å². The number of nitriles is 1. The SMILES string of the molecule is Cn1cncc1C1(N)c2ccc(C#N)c(c2)COc2cccc(c2)-c2cc(N3CCOCC3)nc3ccc1cc23. The summed E-state index contributed by atoms with van der Waals surface area (Å²) in [4.78, 5) is 11.7. The predicted molar refractivity (Wildman–Crippen MR) is 153 cm³/mol. The van der Waals surface area contributed by atoms with Gasteiger partial charge in [-0.05, 0) is 64.7 Å². The molecule has 0 amide bonds. The molecule has 8 heteroatoms. The fraction of sp³-hybridized carbons (Fsp3) is 0.219. The summed E-state index contributed by atoms with van der Waals surface area (Å²) in [6, 6.07) is 24.6. The molecule has 8 nitrogen and oxygen atoms in total. The van der Waals surface area contributed by atoms with Gasteiger partial charge in [0.2, 0.25) is 0 Å². The highest BCUT2D eigenvalue weighted by molar-refractivity contribution is 5.97. The molecule has 0 aliphatic carbocycles. The number of aryl methyl sites for hydroxylation is 1. The molecular formula is C32H28N6O2. The van der Waals surface area contributed by atoms with Crippen LogP contribution < -0.4 is 15.4 Å². The number of hydrogen-bond donors (Lipinski definition) is 1. The maximum atomic E-state index is 9.86. The third kappa shape index (κ3) is 3.90. The summed E-state index contributed by atoms with van der Waals surface area (Å²) in [7, 11) is 1.94. The van der Waals surface area contributed by atoms with Crippen molar-refractivity contribution in [2.75, 3.05) is 31.2 Å². The van der Waals surface area contributed by atoms with E-state index < -0.39 is 5.54 Å². The Kier molecular flexibility index (Phi) is 5.77. The molecule has 0 radical (unpaired) electrons. The monoisotopic (exact) mass is 528 g/mol. The molecule has 2 aliphatic heterocycles. The maximum Gasteiger partial charge on any atom is 0.130 e. The Labute approximate surface area is 232 Å². The molecule has 1 saturated heterocycles. The lowest BCUT2D eigenvalue weighted by Gasteiger charge is -2.32. The Morgan fingerprint density at radius 1 is 1.00 bits per heavy atom. The van der Waals surface area contributed by atoms with Gasteiger partial charge in [-0.2, -0.15) is 5.26 Å². The molecule has 3 aromatic carbocycles. The number of fused-ring (bicyclic) bond motifs is 6. The highest BCUT2D eigenvalue weighted by atomic mass is 16.5. The molecule has 40 heavy (non-hydrogen) atoms. The number of nitrogens with zero attached hydrogens (tertiary/aromatic N) is 5. The summed E-state index contributed by atoms with van der Waals surface area (Å²) < 4.78 is 13.8. The largest absolute Gasteiger partial charge is 0.489 e. The fourth-order valence-corrected chi connectivity index (χ4v) is 5.83. The Morgan fingerprint density at radius 3 is 2.62 bits per heavy atom. The minimum atomic E-state index is -1.05. The first-order chi connectivity index (χ1) is 19.5. The van der Waals surface area contributed by atoms with Crippen LogP contribution in [0.15, 0.2) is 79.3 Å². The first-order valence-corrected chi connectivity index (χ1v) is 13.3. The van der Waals surface area contributed by atoms with E-state index in [2.05, 4.69) is 52.4 Å². The first kappa shape index (κ1) is 24.3. The zero-order chi connectivity index (χ0) is 27.3. The molecule has 0 saturated carbocycles. The molecule has 1 unspecified atom stereocenters. The van der Waals surface area contributed by atoms with Crippen molar-refractivity contribution in [3.05, 3.63) is 107 Å². The van der Waals surface area contributed by atoms with E-state index in [1.807, 2.05) is 41.9 Å². The normalized spacial score (nSPS) is 18.4. The molecule has 2 N–H and O–H groups in total. The number of morpholine rings is 1. The molecule has 5 aromatic rings. The Bertz CT molecular complexity index is 1800. The van der Waals surface area contributed by atoms with Gasteiger partial charge in [0.25, 0.3) is 0 Å². The average molecular weight is 529 g/mol. The summed E-state index contributed by atoms with van der Waals surface area (Å²) in [5, 5.41) is 10.9. The molecule has 2 aromatic heterocycles. The Morgan fingerprint density at radius 2 is 1.82 bits per heavy atom. The fourth-order valence-electron chi connectivity index (χ4n) is 5.83. The lowest BCUT2D eigenvalue weighted by molar-refractivity contribution is 0.122. The number of anilines is 1. The molecule has 1 atom stereocenters. The lowest BCUT2D eigenvalue weighted by atomic mass is 9.79. The van der Waals surface area contributed by atoms with Gasteiger partial charge in [0.1, 0.15) is 23.7 Å². The first-order valence-electron chi connectivity index (χ1n) is 13.3. The summed E-state index contributed by atoms with van der Waals surface area (Å²) in [6.07, 6.45) is 3.56. The van der Waals surface area contributed by atoms with E-state index in [1.54, 1.807) is 12.5 Å². The number of pyridine rings is 1. The van der Waals surface area contributed by atoms with Crippen LogP contribution in [0.25, 0.3) is 22.0 Å². The van der Waals surface area contributed by atoms with Crippen LogP contribution in [0.1, 0.15) is 27.9 Å². The number of benzene rings is 3. The smallest absolute Gasteiger partial charge is 0.130 e. The van der Waals surface area contributed by atoms with Crippen molar-refractivity contribution in [2.24, 2.45) is 12.8 Å². The third-order valence-electron chi connectivity index (χ3n) is 8.03. The molecule has 1 fully saturated rings. The minimum absolute atomic E-state index is 0.240. The second-order valence-corrected chi connectivity index (χ2v) is 10.4. The summed E-state index contributed by atoms with van der Waals surface area (Å²) in [6.45, 7) is 3.19. The average Bonchev–Trinajstić information content (AvgIpc) is 3.45. The second kappa shape index (κ2) is 9.49. The van der Waals surface area contributed by atoms with Gasteiger partial charge in [-0.15, -0.1) is 0 Å². The molecule has 198 valence electrons. The van der Waals surface area contributed by atoms with E-state index in [0.717, 1.165) is 69.1 Å². The van der Waals surface area contributed by atoms with Gasteiger partial charge in [-0.1, -0.05) is 24.3 Å². The van der Waals surface area contributed by atoms with E-state index in [9.17, 15) is 5.26 Å². The van der Waals surface area contributed by atoms with Gasteiger partial charge >= 0.3 is 0 Å². The van der Waals surface area contributed by atoms with Crippen molar-refractivity contribution < 1.29 is 9.47 Å². The quantitative estimate of drug-likeness (QED) is 0.360. The lowest BCUT2D eigenvalue weighted by Crippen LogP contribution is -2.41. The van der Waals surface area contributed by atoms with Gasteiger partial charge in [0.15, 0.2) is 0 Å². The molecule has 4 heterocycles. The second-order valence-electron chi connectivity index (χ2n) is 10.4. The Hall–Kier alpha value is -4.71. The van der Waals surface area contributed by atoms with Crippen molar-refractivity contribution >= 4 is 16.7 Å². The summed E-state index contributed by atoms with van der Waals surface area (Å²) in [5.41, 5.74) is 13.3. The molecular weight excluding hydrogens is 500 g/mol. The van der Waals surface area contributed by atoms with Crippen molar-refractivity contribution in [1.29, 1.82) is 5.26 Å². The van der Waals surface area contributed by atoms with Crippen LogP contribution in [-0.4, -0.2) is 40.8 Å². The van der Waals surface area contributed by atoms with Gasteiger partial charge < -0.3 is 24.7 Å². The highest BCUT2D eigenvalue weighted by Gasteiger charge is 2.36. The van der Waals surface area contributed by atoms with Gasteiger partial charge in [0.05, 0.1) is 48.6 Å². The van der Waals surface area contributed by atoms with Crippen molar-refractivity contribution in [1.82, 2.24) is 14.5 Å². The van der Waals surface area contributed by atoms with E-state index in [0.29, 0.717) is 18.8 Å². The topological polar surface area (TPSA) is 102 Å². The molecule has 2 aliphatic rings. The van der Waals surface area contributed by atoms with E-state index in [1.165, 1.54) is 0 Å². The number of nitrogens with two attached hydrogens (primary N) is 1. The van der Waals surface area contributed by atoms with Crippen molar-refractivity contribution in [3.8, 4) is 22.9 Å². The summed E-state index contributed by atoms with van der Waals surface area (Å²) >= 11 is 0. The van der Waals surface area contributed by atoms with E-state index in [4.69, 9.17) is 20.2 Å². The number of hydrogen-bond acceptors (Lipinski definition) is 7. The maximum absolute atomic E-state index is 9.86. The molecule has 7 rings (SSSR count). The van der Waals surface area contributed by atoms with Crippen LogP contribution in [0, 0.1) is 11.3 Å². The summed E-state index contributed by atoms with van der Waals surface area (Å²) in [5.74, 6) is 1.65. The zero-order valence-corrected chi connectivity index (χ0v) is 22.2. The van der Waals surface area contributed by atoms with Crippen LogP contribution >= 0.6 is 0 Å². The highest BCUT2D eigenvalue weighted by Crippen LogP contribution is 2.40. The van der Waals surface area contributed by atoms with Gasteiger partial charge in [-0.3, -0.25) is 0 Å². The van der Waals surface area contributed by atoms with Crippen LogP contribution in [0.2, 0.25) is 0 Å².